The number of aromatic amines is 1. The Hall–Kier alpha value is -2.66. The van der Waals surface area contributed by atoms with Crippen molar-refractivity contribution < 1.29 is 4.79 Å². The van der Waals surface area contributed by atoms with Crippen LogP contribution in [0.15, 0.2) is 54.7 Å². The third-order valence-corrected chi connectivity index (χ3v) is 4.43. The predicted molar refractivity (Wildman–Crippen MR) is 100 cm³/mol. The Morgan fingerprint density at radius 2 is 1.96 bits per heavy atom. The maximum absolute atomic E-state index is 12.5. The minimum Gasteiger partial charge on any atom is -0.351 e. The average Bonchev–Trinajstić information content (AvgIpc) is 3.03. The lowest BCUT2D eigenvalue weighted by atomic mass is 9.99. The molecule has 2 N–H and O–H groups in total. The van der Waals surface area contributed by atoms with Crippen molar-refractivity contribution >= 4 is 16.8 Å². The molecule has 3 rings (SSSR count). The Kier molecular flexibility index (Phi) is 5.14. The van der Waals surface area contributed by atoms with Gasteiger partial charge in [0.05, 0.1) is 24.2 Å². The third kappa shape index (κ3) is 4.06. The van der Waals surface area contributed by atoms with E-state index in [4.69, 9.17) is 0 Å². The maximum Gasteiger partial charge on any atom is 0.224 e. The zero-order valence-electron chi connectivity index (χ0n) is 14.9. The van der Waals surface area contributed by atoms with Crippen LogP contribution in [-0.2, 0) is 11.2 Å². The maximum atomic E-state index is 12.5. The molecule has 0 saturated heterocycles. The van der Waals surface area contributed by atoms with E-state index in [1.165, 1.54) is 5.56 Å². The molecule has 3 aromatic rings. The molecule has 0 aliphatic rings. The van der Waals surface area contributed by atoms with Crippen molar-refractivity contribution in [2.45, 2.75) is 25.4 Å². The fraction of sp³-hybridized carbons (Fsp3) is 0.300. The van der Waals surface area contributed by atoms with Crippen molar-refractivity contribution in [2.75, 3.05) is 14.1 Å². The van der Waals surface area contributed by atoms with Gasteiger partial charge in [0.25, 0.3) is 0 Å². The lowest BCUT2D eigenvalue weighted by Crippen LogP contribution is -2.42. The monoisotopic (exact) mass is 336 g/mol. The molecule has 5 nitrogen and oxygen atoms in total. The number of carbonyl (C=O) groups is 1. The molecule has 0 aliphatic carbocycles. The molecule has 5 heteroatoms. The van der Waals surface area contributed by atoms with Crippen LogP contribution < -0.4 is 5.32 Å². The summed E-state index contributed by atoms with van der Waals surface area (Å²) in [5.74, 6) is 0.0224. The van der Waals surface area contributed by atoms with Gasteiger partial charge in [0, 0.05) is 11.4 Å². The van der Waals surface area contributed by atoms with Gasteiger partial charge in [-0.2, -0.15) is 5.10 Å². The normalized spacial score (nSPS) is 13.8. The number of benzene rings is 2. The van der Waals surface area contributed by atoms with E-state index in [-0.39, 0.29) is 18.0 Å². The first-order valence-corrected chi connectivity index (χ1v) is 8.47. The summed E-state index contributed by atoms with van der Waals surface area (Å²) in [6.07, 6.45) is 2.14. The number of fused-ring (bicyclic) bond motifs is 1. The molecule has 2 aromatic carbocycles. The van der Waals surface area contributed by atoms with E-state index < -0.39 is 0 Å². The molecule has 0 spiro atoms. The summed E-state index contributed by atoms with van der Waals surface area (Å²) in [5.41, 5.74) is 3.12. The fourth-order valence-electron chi connectivity index (χ4n) is 3.35. The largest absolute Gasteiger partial charge is 0.351 e. The standard InChI is InChI=1S/C20H24N4O/c1-14(20(24(2)3)16-7-5-4-6-8-16)22-19(25)12-15-9-10-17-13-21-23-18(17)11-15/h4-11,13-14,20H,12H2,1-3H3,(H,21,23)(H,22,25)/t14-,20-/m1/s1. The van der Waals surface area contributed by atoms with Gasteiger partial charge in [-0.05, 0) is 38.2 Å². The second kappa shape index (κ2) is 7.49. The first kappa shape index (κ1) is 17.2. The van der Waals surface area contributed by atoms with Gasteiger partial charge in [-0.3, -0.25) is 9.89 Å². The van der Waals surface area contributed by atoms with Crippen LogP contribution in [0.4, 0.5) is 0 Å². The van der Waals surface area contributed by atoms with E-state index in [1.807, 2.05) is 57.4 Å². The quantitative estimate of drug-likeness (QED) is 0.727. The van der Waals surface area contributed by atoms with Gasteiger partial charge < -0.3 is 10.2 Å². The summed E-state index contributed by atoms with van der Waals surface area (Å²) in [4.78, 5) is 14.6. The van der Waals surface area contributed by atoms with Crippen LogP contribution in [0.1, 0.15) is 24.1 Å². The number of likely N-dealkylation sites (N-methyl/N-ethyl adjacent to an activating group) is 1. The Labute approximate surface area is 148 Å². The van der Waals surface area contributed by atoms with E-state index in [0.29, 0.717) is 6.42 Å². The highest BCUT2D eigenvalue weighted by Gasteiger charge is 2.22. The number of aromatic nitrogens is 2. The highest BCUT2D eigenvalue weighted by atomic mass is 16.1. The molecule has 0 fully saturated rings. The number of H-pyrrole nitrogens is 1. The topological polar surface area (TPSA) is 61.0 Å². The van der Waals surface area contributed by atoms with Crippen molar-refractivity contribution in [1.29, 1.82) is 0 Å². The van der Waals surface area contributed by atoms with Gasteiger partial charge in [0.2, 0.25) is 5.91 Å². The second-order valence-corrected chi connectivity index (χ2v) is 6.64. The van der Waals surface area contributed by atoms with Crippen LogP contribution in [0.2, 0.25) is 0 Å². The fourth-order valence-corrected chi connectivity index (χ4v) is 3.35. The number of hydrogen-bond acceptors (Lipinski definition) is 3. The molecule has 130 valence electrons. The van der Waals surface area contributed by atoms with Gasteiger partial charge in [-0.15, -0.1) is 0 Å². The van der Waals surface area contributed by atoms with Crippen molar-refractivity contribution in [3.63, 3.8) is 0 Å². The zero-order valence-corrected chi connectivity index (χ0v) is 14.9. The van der Waals surface area contributed by atoms with Crippen LogP contribution in [0.3, 0.4) is 0 Å². The van der Waals surface area contributed by atoms with Gasteiger partial charge in [0.1, 0.15) is 0 Å². The van der Waals surface area contributed by atoms with Crippen LogP contribution in [0.25, 0.3) is 10.9 Å². The van der Waals surface area contributed by atoms with Crippen molar-refractivity contribution in [3.05, 3.63) is 65.9 Å². The summed E-state index contributed by atoms with van der Waals surface area (Å²) < 4.78 is 0. The van der Waals surface area contributed by atoms with Gasteiger partial charge in [0.15, 0.2) is 0 Å². The first-order valence-electron chi connectivity index (χ1n) is 8.47. The van der Waals surface area contributed by atoms with Crippen molar-refractivity contribution in [3.8, 4) is 0 Å². The first-order chi connectivity index (χ1) is 12.0. The predicted octanol–water partition coefficient (Wildman–Crippen LogP) is 2.91. The van der Waals surface area contributed by atoms with E-state index in [0.717, 1.165) is 16.5 Å². The lowest BCUT2D eigenvalue weighted by Gasteiger charge is -2.31. The van der Waals surface area contributed by atoms with E-state index in [9.17, 15) is 4.79 Å². The van der Waals surface area contributed by atoms with Crippen molar-refractivity contribution in [2.24, 2.45) is 0 Å². The number of rotatable bonds is 6. The molecule has 0 saturated carbocycles. The molecule has 0 unspecified atom stereocenters. The summed E-state index contributed by atoms with van der Waals surface area (Å²) >= 11 is 0. The Morgan fingerprint density at radius 1 is 1.20 bits per heavy atom. The average molecular weight is 336 g/mol. The zero-order chi connectivity index (χ0) is 17.8. The summed E-state index contributed by atoms with van der Waals surface area (Å²) in [7, 11) is 4.07. The molecular weight excluding hydrogens is 312 g/mol. The Bertz CT molecular complexity index is 841. The Balaban J connectivity index is 1.68. The minimum atomic E-state index is 0.000727. The van der Waals surface area contributed by atoms with Crippen molar-refractivity contribution in [1.82, 2.24) is 20.4 Å². The number of carbonyl (C=O) groups excluding carboxylic acids is 1. The second-order valence-electron chi connectivity index (χ2n) is 6.64. The molecule has 0 radical (unpaired) electrons. The molecular formula is C20H24N4O. The SMILES string of the molecule is C[C@@H](NC(=O)Cc1ccc2cn[nH]c2c1)[C@H](c1ccccc1)N(C)C. The van der Waals surface area contributed by atoms with Gasteiger partial charge in [-0.25, -0.2) is 0 Å². The van der Waals surface area contributed by atoms with Crippen LogP contribution in [0.5, 0.6) is 0 Å². The smallest absolute Gasteiger partial charge is 0.224 e. The highest BCUT2D eigenvalue weighted by Crippen LogP contribution is 2.22. The van der Waals surface area contributed by atoms with Crippen LogP contribution >= 0.6 is 0 Å². The molecule has 1 heterocycles. The minimum absolute atomic E-state index is 0.000727. The van der Waals surface area contributed by atoms with E-state index in [2.05, 4.69) is 32.5 Å². The van der Waals surface area contributed by atoms with E-state index >= 15 is 0 Å². The Morgan fingerprint density at radius 3 is 2.68 bits per heavy atom. The highest BCUT2D eigenvalue weighted by molar-refractivity contribution is 5.82. The third-order valence-electron chi connectivity index (χ3n) is 4.43. The summed E-state index contributed by atoms with van der Waals surface area (Å²) in [5, 5.41) is 11.1. The number of hydrogen-bond donors (Lipinski definition) is 2. The molecule has 1 aromatic heterocycles. The van der Waals surface area contributed by atoms with Crippen LogP contribution in [0, 0.1) is 0 Å². The van der Waals surface area contributed by atoms with E-state index in [1.54, 1.807) is 6.20 Å². The number of nitrogens with one attached hydrogen (secondary N) is 2. The summed E-state index contributed by atoms with van der Waals surface area (Å²) in [6, 6.07) is 16.3. The number of amides is 1. The van der Waals surface area contributed by atoms with Crippen LogP contribution in [-0.4, -0.2) is 41.1 Å². The molecule has 0 bridgehead atoms. The van der Waals surface area contributed by atoms with Gasteiger partial charge in [-0.1, -0.05) is 42.5 Å². The summed E-state index contributed by atoms with van der Waals surface area (Å²) in [6.45, 7) is 2.05. The molecule has 1 amide bonds. The molecule has 0 aliphatic heterocycles. The molecule has 25 heavy (non-hydrogen) atoms. The number of nitrogens with zero attached hydrogens (tertiary/aromatic N) is 2. The lowest BCUT2D eigenvalue weighted by molar-refractivity contribution is -0.121. The van der Waals surface area contributed by atoms with Gasteiger partial charge >= 0.3 is 0 Å². The molecule has 2 atom stereocenters.